The van der Waals surface area contributed by atoms with E-state index in [1.807, 2.05) is 0 Å². The van der Waals surface area contributed by atoms with Crippen molar-refractivity contribution >= 4 is 55.6 Å². The van der Waals surface area contributed by atoms with Gasteiger partial charge in [-0.3, -0.25) is 9.52 Å². The van der Waals surface area contributed by atoms with Crippen molar-refractivity contribution in [2.45, 2.75) is 4.90 Å². The molecule has 6 nitrogen and oxygen atoms in total. The van der Waals surface area contributed by atoms with Crippen LogP contribution in [-0.4, -0.2) is 32.6 Å². The van der Waals surface area contributed by atoms with Gasteiger partial charge in [0.1, 0.15) is 0 Å². The van der Waals surface area contributed by atoms with Crippen LogP contribution in [0.2, 0.25) is 10.0 Å². The highest BCUT2D eigenvalue weighted by Crippen LogP contribution is 2.26. The van der Waals surface area contributed by atoms with Crippen LogP contribution in [0.15, 0.2) is 59.5 Å². The van der Waals surface area contributed by atoms with Crippen LogP contribution in [0, 0.1) is 0 Å². The molecule has 0 saturated heterocycles. The summed E-state index contributed by atoms with van der Waals surface area (Å²) < 4.78 is 27.7. The lowest BCUT2D eigenvalue weighted by Crippen LogP contribution is -2.26. The molecule has 0 bridgehead atoms. The molecule has 3 aromatic carbocycles. The molecule has 3 rings (SSSR count). The molecule has 0 spiro atoms. The van der Waals surface area contributed by atoms with E-state index in [4.69, 9.17) is 28.3 Å². The Balaban J connectivity index is 1.87. The Labute approximate surface area is 172 Å². The van der Waals surface area contributed by atoms with Crippen molar-refractivity contribution in [2.24, 2.45) is 0 Å². The van der Waals surface area contributed by atoms with Crippen LogP contribution in [0.4, 0.5) is 5.69 Å². The summed E-state index contributed by atoms with van der Waals surface area (Å²) in [4.78, 5) is 11.9. The molecule has 0 saturated carbocycles. The molecule has 0 fully saturated rings. The second-order valence-corrected chi connectivity index (χ2v) is 8.52. The summed E-state index contributed by atoms with van der Waals surface area (Å²) in [5.41, 5.74) is 0.809. The van der Waals surface area contributed by atoms with Crippen molar-refractivity contribution in [3.63, 3.8) is 0 Å². The highest BCUT2D eigenvalue weighted by Gasteiger charge is 2.16. The van der Waals surface area contributed by atoms with Crippen molar-refractivity contribution in [3.05, 3.63) is 70.2 Å². The Morgan fingerprint density at radius 1 is 0.929 bits per heavy atom. The average molecular weight is 439 g/mol. The fraction of sp³-hybridized carbons (Fsp3) is 0.105. The normalized spacial score (nSPS) is 11.4. The van der Waals surface area contributed by atoms with Gasteiger partial charge in [0.2, 0.25) is 0 Å². The maximum absolute atomic E-state index is 12.6. The van der Waals surface area contributed by atoms with Gasteiger partial charge < -0.3 is 10.4 Å². The molecule has 3 N–H and O–H groups in total. The predicted molar refractivity (Wildman–Crippen MR) is 111 cm³/mol. The molecule has 0 heterocycles. The average Bonchev–Trinajstić information content (AvgIpc) is 2.64. The lowest BCUT2D eigenvalue weighted by atomic mass is 10.1. The van der Waals surface area contributed by atoms with Crippen molar-refractivity contribution in [2.75, 3.05) is 17.9 Å². The van der Waals surface area contributed by atoms with Gasteiger partial charge in [0.25, 0.3) is 15.9 Å². The number of carbonyl (C=O) groups excluding carboxylic acids is 1. The Kier molecular flexibility index (Phi) is 6.10. The summed E-state index contributed by atoms with van der Waals surface area (Å²) in [6.07, 6.45) is 0. The van der Waals surface area contributed by atoms with E-state index >= 15 is 0 Å². The third kappa shape index (κ3) is 4.74. The second-order valence-electron chi connectivity index (χ2n) is 5.97. The first-order valence-corrected chi connectivity index (χ1v) is 10.4. The Hall–Kier alpha value is -2.32. The number of halogens is 2. The molecule has 0 radical (unpaired) electrons. The smallest absolute Gasteiger partial charge is 0.261 e. The first-order chi connectivity index (χ1) is 13.3. The minimum Gasteiger partial charge on any atom is -0.395 e. The fourth-order valence-electron chi connectivity index (χ4n) is 2.62. The summed E-state index contributed by atoms with van der Waals surface area (Å²) in [5, 5.41) is 13.3. The van der Waals surface area contributed by atoms with E-state index < -0.39 is 10.0 Å². The molecule has 0 aliphatic heterocycles. The highest BCUT2D eigenvalue weighted by atomic mass is 35.5. The number of anilines is 1. The van der Waals surface area contributed by atoms with Crippen LogP contribution in [0.25, 0.3) is 10.8 Å². The first kappa shape index (κ1) is 20.4. The van der Waals surface area contributed by atoms with Gasteiger partial charge in [-0.1, -0.05) is 35.3 Å². The largest absolute Gasteiger partial charge is 0.395 e. The second kappa shape index (κ2) is 8.36. The van der Waals surface area contributed by atoms with Gasteiger partial charge >= 0.3 is 0 Å². The molecular weight excluding hydrogens is 423 g/mol. The van der Waals surface area contributed by atoms with Crippen LogP contribution in [0.5, 0.6) is 0 Å². The zero-order valence-electron chi connectivity index (χ0n) is 14.4. The molecule has 0 atom stereocenters. The van der Waals surface area contributed by atoms with E-state index in [9.17, 15) is 13.2 Å². The van der Waals surface area contributed by atoms with E-state index in [0.29, 0.717) is 11.3 Å². The molecule has 0 aromatic heterocycles. The number of fused-ring (bicyclic) bond motifs is 1. The van der Waals surface area contributed by atoms with Crippen LogP contribution in [0.3, 0.4) is 0 Å². The van der Waals surface area contributed by atoms with Crippen molar-refractivity contribution in [1.29, 1.82) is 0 Å². The topological polar surface area (TPSA) is 95.5 Å². The van der Waals surface area contributed by atoms with Gasteiger partial charge in [-0.05, 0) is 53.2 Å². The summed E-state index contributed by atoms with van der Waals surface area (Å²) in [5.74, 6) is -0.293. The number of rotatable bonds is 6. The molecule has 146 valence electrons. The molecule has 0 aliphatic carbocycles. The number of nitrogens with one attached hydrogen (secondary N) is 2. The van der Waals surface area contributed by atoms with Gasteiger partial charge in [0, 0.05) is 27.8 Å². The van der Waals surface area contributed by atoms with Crippen LogP contribution in [0.1, 0.15) is 10.4 Å². The zero-order chi connectivity index (χ0) is 20.3. The quantitative estimate of drug-likeness (QED) is 0.546. The zero-order valence-corrected chi connectivity index (χ0v) is 16.8. The molecular formula is C19H16Cl2N2O4S. The fourth-order valence-corrected chi connectivity index (χ4v) is 4.39. The summed E-state index contributed by atoms with van der Waals surface area (Å²) >= 11 is 11.8. The minimum absolute atomic E-state index is 0.0407. The van der Waals surface area contributed by atoms with Crippen molar-refractivity contribution in [3.8, 4) is 0 Å². The molecule has 1 amide bonds. The summed E-state index contributed by atoms with van der Waals surface area (Å²) in [6.45, 7) is 0.0335. The number of hydrogen-bond donors (Lipinski definition) is 3. The molecule has 9 heteroatoms. The minimum atomic E-state index is -3.87. The molecule has 0 unspecified atom stereocenters. The summed E-state index contributed by atoms with van der Waals surface area (Å²) in [6, 6.07) is 14.1. The standard InChI is InChI=1S/C19H16Cl2N2O4S/c20-15-9-16(21)11-18(10-15)28(26,27)23-17-4-3-12-7-14(2-1-13(12)8-17)19(25)22-5-6-24/h1-4,7-11,23-24H,5-6H2,(H,22,25). The van der Waals surface area contributed by atoms with Gasteiger partial charge in [-0.2, -0.15) is 0 Å². The monoisotopic (exact) mass is 438 g/mol. The van der Waals surface area contributed by atoms with E-state index in [2.05, 4.69) is 10.0 Å². The number of benzene rings is 3. The number of sulfonamides is 1. The van der Waals surface area contributed by atoms with E-state index in [0.717, 1.165) is 10.8 Å². The van der Waals surface area contributed by atoms with Crippen molar-refractivity contribution in [1.82, 2.24) is 5.32 Å². The first-order valence-electron chi connectivity index (χ1n) is 8.20. The maximum atomic E-state index is 12.6. The molecule has 0 aliphatic rings. The van der Waals surface area contributed by atoms with E-state index in [1.165, 1.54) is 18.2 Å². The third-order valence-corrected chi connectivity index (χ3v) is 5.70. The SMILES string of the molecule is O=C(NCCO)c1ccc2cc(NS(=O)(=O)c3cc(Cl)cc(Cl)c3)ccc2c1. The number of hydrogen-bond acceptors (Lipinski definition) is 4. The Morgan fingerprint density at radius 2 is 1.57 bits per heavy atom. The number of aliphatic hydroxyl groups excluding tert-OH is 1. The number of amides is 1. The van der Waals surface area contributed by atoms with Gasteiger partial charge in [-0.25, -0.2) is 8.42 Å². The molecule has 3 aromatic rings. The van der Waals surface area contributed by atoms with Crippen molar-refractivity contribution < 1.29 is 18.3 Å². The summed E-state index contributed by atoms with van der Waals surface area (Å²) in [7, 11) is -3.87. The lowest BCUT2D eigenvalue weighted by Gasteiger charge is -2.10. The van der Waals surface area contributed by atoms with Crippen LogP contribution >= 0.6 is 23.2 Å². The van der Waals surface area contributed by atoms with E-state index in [-0.39, 0.29) is 34.0 Å². The van der Waals surface area contributed by atoms with Crippen LogP contribution < -0.4 is 10.0 Å². The van der Waals surface area contributed by atoms with Gasteiger partial charge in [0.15, 0.2) is 0 Å². The third-order valence-electron chi connectivity index (χ3n) is 3.90. The molecule has 28 heavy (non-hydrogen) atoms. The lowest BCUT2D eigenvalue weighted by molar-refractivity contribution is 0.0945. The number of aliphatic hydroxyl groups is 1. The van der Waals surface area contributed by atoms with Gasteiger partial charge in [-0.15, -0.1) is 0 Å². The Bertz CT molecular complexity index is 1130. The van der Waals surface area contributed by atoms with E-state index in [1.54, 1.807) is 36.4 Å². The Morgan fingerprint density at radius 3 is 2.25 bits per heavy atom. The van der Waals surface area contributed by atoms with Crippen LogP contribution in [-0.2, 0) is 10.0 Å². The predicted octanol–water partition coefficient (Wildman–Crippen LogP) is 3.67. The maximum Gasteiger partial charge on any atom is 0.261 e. The van der Waals surface area contributed by atoms with Gasteiger partial charge in [0.05, 0.1) is 11.5 Å². The highest BCUT2D eigenvalue weighted by molar-refractivity contribution is 7.92. The number of carbonyl (C=O) groups is 1.